The third-order valence-electron chi connectivity index (χ3n) is 11.3. The number of nitrogens with zero attached hydrogens (tertiary/aromatic N) is 3. The van der Waals surface area contributed by atoms with Gasteiger partial charge in [-0.3, -0.25) is 4.57 Å². The first-order valence-electron chi connectivity index (χ1n) is 18.2. The highest BCUT2D eigenvalue weighted by atomic mass is 15.1. The molecule has 0 fully saturated rings. The van der Waals surface area contributed by atoms with Crippen molar-refractivity contribution in [2.45, 2.75) is 0 Å². The van der Waals surface area contributed by atoms with Gasteiger partial charge in [-0.2, -0.15) is 0 Å². The van der Waals surface area contributed by atoms with E-state index in [0.717, 1.165) is 49.9 Å². The average Bonchev–Trinajstić information content (AvgIpc) is 3.58. The number of hydrogen-bond donors (Lipinski definition) is 0. The van der Waals surface area contributed by atoms with Crippen LogP contribution >= 0.6 is 0 Å². The van der Waals surface area contributed by atoms with Gasteiger partial charge in [-0.25, -0.2) is 9.97 Å². The first kappa shape index (κ1) is 28.6. The van der Waals surface area contributed by atoms with Crippen LogP contribution < -0.4 is 0 Å². The first-order chi connectivity index (χ1) is 26.3. The SMILES string of the molecule is c1ccc2cc(-c3nc4ccc5ccccc5c4nc3-n3c4ccc5ccccc5c4c4c5c6ccccc6c6ccccc6c5ccc43)ccc2c1. The highest BCUT2D eigenvalue weighted by Crippen LogP contribution is 2.46. The van der Waals surface area contributed by atoms with E-state index in [1.807, 2.05) is 0 Å². The lowest BCUT2D eigenvalue weighted by atomic mass is 9.91. The van der Waals surface area contributed by atoms with Crippen molar-refractivity contribution >= 4 is 97.5 Å². The summed E-state index contributed by atoms with van der Waals surface area (Å²) in [4.78, 5) is 11.2. The summed E-state index contributed by atoms with van der Waals surface area (Å²) in [6.07, 6.45) is 0. The van der Waals surface area contributed by atoms with Crippen molar-refractivity contribution in [3.8, 4) is 17.1 Å². The van der Waals surface area contributed by atoms with Crippen LogP contribution in [0.15, 0.2) is 176 Å². The van der Waals surface area contributed by atoms with Crippen LogP contribution in [0.5, 0.6) is 0 Å². The van der Waals surface area contributed by atoms with E-state index in [1.165, 1.54) is 64.6 Å². The summed E-state index contributed by atoms with van der Waals surface area (Å²) < 4.78 is 2.39. The molecule has 0 atom stereocenters. The van der Waals surface area contributed by atoms with Crippen molar-refractivity contribution in [1.82, 2.24) is 14.5 Å². The molecule has 12 aromatic rings. The molecule has 53 heavy (non-hydrogen) atoms. The number of fused-ring (bicyclic) bond motifs is 16. The van der Waals surface area contributed by atoms with Gasteiger partial charge in [-0.1, -0.05) is 152 Å². The van der Waals surface area contributed by atoms with Crippen LogP contribution in [0.3, 0.4) is 0 Å². The quantitative estimate of drug-likeness (QED) is 0.171. The molecule has 0 spiro atoms. The van der Waals surface area contributed by atoms with Crippen molar-refractivity contribution < 1.29 is 0 Å². The Bertz CT molecular complexity index is 3480. The van der Waals surface area contributed by atoms with Gasteiger partial charge in [0.1, 0.15) is 5.69 Å². The molecule has 0 aliphatic heterocycles. The largest absolute Gasteiger partial charge is 0.292 e. The average molecular weight is 672 g/mol. The Morgan fingerprint density at radius 1 is 0.340 bits per heavy atom. The zero-order valence-electron chi connectivity index (χ0n) is 28.6. The van der Waals surface area contributed by atoms with Crippen molar-refractivity contribution in [3.63, 3.8) is 0 Å². The van der Waals surface area contributed by atoms with E-state index in [9.17, 15) is 0 Å². The van der Waals surface area contributed by atoms with Crippen LogP contribution in [-0.2, 0) is 0 Å². The number of hydrogen-bond acceptors (Lipinski definition) is 2. The summed E-state index contributed by atoms with van der Waals surface area (Å²) in [5.41, 5.74) is 5.89. The van der Waals surface area contributed by atoms with Crippen molar-refractivity contribution in [1.29, 1.82) is 0 Å². The van der Waals surface area contributed by atoms with Gasteiger partial charge in [0.2, 0.25) is 0 Å². The molecule has 3 heteroatoms. The van der Waals surface area contributed by atoms with E-state index in [4.69, 9.17) is 9.97 Å². The Balaban J connectivity index is 1.33. The van der Waals surface area contributed by atoms with Gasteiger partial charge in [-0.05, 0) is 78.1 Å². The summed E-state index contributed by atoms with van der Waals surface area (Å²) >= 11 is 0. The van der Waals surface area contributed by atoms with Crippen molar-refractivity contribution in [2.24, 2.45) is 0 Å². The van der Waals surface area contributed by atoms with Crippen molar-refractivity contribution in [3.05, 3.63) is 176 Å². The van der Waals surface area contributed by atoms with E-state index >= 15 is 0 Å². The van der Waals surface area contributed by atoms with Gasteiger partial charge in [-0.15, -0.1) is 0 Å². The number of aromatic nitrogens is 3. The summed E-state index contributed by atoms with van der Waals surface area (Å²) in [7, 11) is 0. The van der Waals surface area contributed by atoms with Crippen LogP contribution in [0.4, 0.5) is 0 Å². The molecule has 244 valence electrons. The Labute approximate surface area is 304 Å². The fraction of sp³-hybridized carbons (Fsp3) is 0. The molecule has 0 bridgehead atoms. The second-order valence-electron chi connectivity index (χ2n) is 14.1. The van der Waals surface area contributed by atoms with E-state index in [0.29, 0.717) is 0 Å². The Morgan fingerprint density at radius 2 is 0.868 bits per heavy atom. The summed E-state index contributed by atoms with van der Waals surface area (Å²) in [6, 6.07) is 63.6. The van der Waals surface area contributed by atoms with E-state index in [1.54, 1.807) is 0 Å². The zero-order chi connectivity index (χ0) is 34.6. The standard InChI is InChI=1S/C50H29N3/c1-2-14-33-29-34(22-21-30(33)11-1)48-50(52-49-36-16-6-4-13-32(36)23-26-42(49)51-48)53-43-27-24-31-12-3-5-15-35(31)46(43)47-44(53)28-25-41-39-19-8-7-17-37(39)38-18-9-10-20-40(38)45(41)47/h1-29H. The lowest BCUT2D eigenvalue weighted by Crippen LogP contribution is -2.04. The molecule has 10 aromatic carbocycles. The minimum atomic E-state index is 0.823. The van der Waals surface area contributed by atoms with Gasteiger partial charge in [0, 0.05) is 27.1 Å². The fourth-order valence-corrected chi connectivity index (χ4v) is 8.96. The van der Waals surface area contributed by atoms with Crippen LogP contribution in [0.25, 0.3) is 115 Å². The smallest absolute Gasteiger partial charge is 0.165 e. The maximum Gasteiger partial charge on any atom is 0.165 e. The second kappa shape index (κ2) is 10.7. The summed E-state index contributed by atoms with van der Waals surface area (Å²) in [5.74, 6) is 0.823. The minimum Gasteiger partial charge on any atom is -0.292 e. The molecule has 0 saturated heterocycles. The van der Waals surface area contributed by atoms with Gasteiger partial charge in [0.15, 0.2) is 5.82 Å². The first-order valence-corrected chi connectivity index (χ1v) is 18.2. The lowest BCUT2D eigenvalue weighted by Gasteiger charge is -2.16. The van der Waals surface area contributed by atoms with E-state index in [-0.39, 0.29) is 0 Å². The third kappa shape index (κ3) is 3.99. The lowest BCUT2D eigenvalue weighted by molar-refractivity contribution is 1.08. The van der Waals surface area contributed by atoms with Crippen LogP contribution in [0.1, 0.15) is 0 Å². The Morgan fingerprint density at radius 3 is 1.64 bits per heavy atom. The van der Waals surface area contributed by atoms with E-state index in [2.05, 4.69) is 180 Å². The monoisotopic (exact) mass is 671 g/mol. The Hall–Kier alpha value is -7.10. The molecule has 0 radical (unpaired) electrons. The maximum absolute atomic E-state index is 5.68. The topological polar surface area (TPSA) is 30.7 Å². The molecule has 2 heterocycles. The minimum absolute atomic E-state index is 0.823. The Kier molecular flexibility index (Phi) is 5.77. The number of rotatable bonds is 2. The highest BCUT2D eigenvalue weighted by molar-refractivity contribution is 6.37. The summed E-state index contributed by atoms with van der Waals surface area (Å²) in [5, 5.41) is 17.1. The molecule has 0 aliphatic carbocycles. The van der Waals surface area contributed by atoms with Crippen LogP contribution in [0, 0.1) is 0 Å². The maximum atomic E-state index is 5.68. The molecule has 3 nitrogen and oxygen atoms in total. The van der Waals surface area contributed by atoms with Gasteiger partial charge < -0.3 is 0 Å². The second-order valence-corrected chi connectivity index (χ2v) is 14.1. The predicted molar refractivity (Wildman–Crippen MR) is 224 cm³/mol. The molecule has 0 amide bonds. The molecular formula is C50H29N3. The molecule has 2 aromatic heterocycles. The van der Waals surface area contributed by atoms with Gasteiger partial charge in [0.25, 0.3) is 0 Å². The predicted octanol–water partition coefficient (Wildman–Crippen LogP) is 13.3. The molecular weight excluding hydrogens is 643 g/mol. The normalized spacial score (nSPS) is 12.2. The van der Waals surface area contributed by atoms with Crippen LogP contribution in [0.2, 0.25) is 0 Å². The number of benzene rings is 10. The van der Waals surface area contributed by atoms with Gasteiger partial charge in [0.05, 0.1) is 22.1 Å². The molecule has 0 saturated carbocycles. The van der Waals surface area contributed by atoms with E-state index < -0.39 is 0 Å². The molecule has 0 unspecified atom stereocenters. The van der Waals surface area contributed by atoms with Crippen molar-refractivity contribution in [2.75, 3.05) is 0 Å². The third-order valence-corrected chi connectivity index (χ3v) is 11.3. The van der Waals surface area contributed by atoms with Crippen LogP contribution in [-0.4, -0.2) is 14.5 Å². The molecule has 0 aliphatic rings. The summed E-state index contributed by atoms with van der Waals surface area (Å²) in [6.45, 7) is 0. The highest BCUT2D eigenvalue weighted by Gasteiger charge is 2.24. The fourth-order valence-electron chi connectivity index (χ4n) is 8.96. The van der Waals surface area contributed by atoms with Gasteiger partial charge >= 0.3 is 0 Å². The molecule has 12 rings (SSSR count). The zero-order valence-corrected chi connectivity index (χ0v) is 28.6. The molecule has 0 N–H and O–H groups in total.